The molecular weight excluding hydrogens is 229 g/mol. The third kappa shape index (κ3) is 2.95. The Balaban J connectivity index is 2.88. The van der Waals surface area contributed by atoms with Crippen LogP contribution in [-0.4, -0.2) is 11.9 Å². The number of amides is 1. The number of nitrogens with one attached hydrogen (secondary N) is 1. The van der Waals surface area contributed by atoms with Crippen LogP contribution in [0.1, 0.15) is 37.0 Å². The zero-order valence-electron chi connectivity index (χ0n) is 9.39. The van der Waals surface area contributed by atoms with Crippen LogP contribution in [-0.2, 0) is 0 Å². The number of rotatable bonds is 4. The van der Waals surface area contributed by atoms with Crippen LogP contribution < -0.4 is 5.32 Å². The fourth-order valence-electron chi connectivity index (χ4n) is 1.47. The Labute approximate surface area is 99.8 Å². The van der Waals surface area contributed by atoms with Gasteiger partial charge in [0.05, 0.1) is 10.6 Å². The van der Waals surface area contributed by atoms with Gasteiger partial charge in [0, 0.05) is 6.04 Å². The first-order valence-electron chi connectivity index (χ1n) is 5.35. The van der Waals surface area contributed by atoms with Gasteiger partial charge in [-0.25, -0.2) is 4.39 Å². The second kappa shape index (κ2) is 5.85. The van der Waals surface area contributed by atoms with Crippen molar-refractivity contribution in [1.29, 1.82) is 0 Å². The van der Waals surface area contributed by atoms with Gasteiger partial charge in [-0.1, -0.05) is 31.5 Å². The minimum Gasteiger partial charge on any atom is -0.349 e. The Morgan fingerprint density at radius 1 is 1.44 bits per heavy atom. The highest BCUT2D eigenvalue weighted by molar-refractivity contribution is 6.33. The molecule has 0 aliphatic carbocycles. The molecule has 1 aromatic rings. The largest absolute Gasteiger partial charge is 0.349 e. The van der Waals surface area contributed by atoms with E-state index in [0.29, 0.717) is 0 Å². The maximum atomic E-state index is 13.4. The quantitative estimate of drug-likeness (QED) is 0.863. The Morgan fingerprint density at radius 2 is 2.06 bits per heavy atom. The predicted molar refractivity (Wildman–Crippen MR) is 63.2 cm³/mol. The summed E-state index contributed by atoms with van der Waals surface area (Å²) in [5.41, 5.74) is -0.0731. The van der Waals surface area contributed by atoms with Gasteiger partial charge in [-0.05, 0) is 25.0 Å². The molecule has 16 heavy (non-hydrogen) atoms. The average molecular weight is 244 g/mol. The van der Waals surface area contributed by atoms with Gasteiger partial charge in [0.15, 0.2) is 0 Å². The number of carbonyl (C=O) groups is 1. The highest BCUT2D eigenvalue weighted by Gasteiger charge is 2.17. The van der Waals surface area contributed by atoms with Gasteiger partial charge < -0.3 is 5.32 Å². The predicted octanol–water partition coefficient (Wildman–Crippen LogP) is 3.40. The van der Waals surface area contributed by atoms with Crippen LogP contribution in [0.25, 0.3) is 0 Å². The molecule has 1 aromatic carbocycles. The van der Waals surface area contributed by atoms with Crippen molar-refractivity contribution in [2.75, 3.05) is 0 Å². The van der Waals surface area contributed by atoms with Crippen molar-refractivity contribution in [3.8, 4) is 0 Å². The molecule has 0 heterocycles. The summed E-state index contributed by atoms with van der Waals surface area (Å²) in [5.74, 6) is -1.03. The molecule has 0 radical (unpaired) electrons. The first kappa shape index (κ1) is 13.0. The van der Waals surface area contributed by atoms with Crippen molar-refractivity contribution < 1.29 is 9.18 Å². The van der Waals surface area contributed by atoms with E-state index in [1.165, 1.54) is 18.2 Å². The maximum absolute atomic E-state index is 13.4. The van der Waals surface area contributed by atoms with Crippen molar-refractivity contribution >= 4 is 17.5 Å². The molecule has 0 aliphatic heterocycles. The molecule has 1 amide bonds. The number of carbonyl (C=O) groups excluding carboxylic acids is 1. The minimum atomic E-state index is -0.587. The summed E-state index contributed by atoms with van der Waals surface area (Å²) in [6.07, 6.45) is 1.63. The molecule has 0 saturated heterocycles. The van der Waals surface area contributed by atoms with Crippen LogP contribution in [0.5, 0.6) is 0 Å². The summed E-state index contributed by atoms with van der Waals surface area (Å²) in [7, 11) is 0. The van der Waals surface area contributed by atoms with E-state index in [2.05, 4.69) is 5.32 Å². The number of halogens is 2. The van der Waals surface area contributed by atoms with Gasteiger partial charge in [0.1, 0.15) is 5.82 Å². The van der Waals surface area contributed by atoms with E-state index in [1.807, 2.05) is 13.8 Å². The molecule has 0 saturated carbocycles. The van der Waals surface area contributed by atoms with Crippen molar-refractivity contribution in [2.45, 2.75) is 32.7 Å². The fraction of sp³-hybridized carbons (Fsp3) is 0.417. The van der Waals surface area contributed by atoms with Crippen LogP contribution in [0.2, 0.25) is 5.02 Å². The summed E-state index contributed by atoms with van der Waals surface area (Å²) < 4.78 is 13.4. The Kier molecular flexibility index (Phi) is 4.74. The second-order valence-corrected chi connectivity index (χ2v) is 3.99. The number of hydrogen-bond acceptors (Lipinski definition) is 1. The minimum absolute atomic E-state index is 0.0585. The number of benzene rings is 1. The smallest absolute Gasteiger partial charge is 0.255 e. The maximum Gasteiger partial charge on any atom is 0.255 e. The molecule has 0 aromatic heterocycles. The van der Waals surface area contributed by atoms with E-state index < -0.39 is 11.7 Å². The first-order chi connectivity index (χ1) is 7.60. The zero-order valence-corrected chi connectivity index (χ0v) is 10.1. The first-order valence-corrected chi connectivity index (χ1v) is 5.72. The van der Waals surface area contributed by atoms with E-state index in [1.54, 1.807) is 0 Å². The average Bonchev–Trinajstić information content (AvgIpc) is 2.25. The van der Waals surface area contributed by atoms with Crippen LogP contribution in [0.15, 0.2) is 18.2 Å². The lowest BCUT2D eigenvalue weighted by atomic mass is 10.1. The molecule has 0 aliphatic rings. The third-order valence-corrected chi connectivity index (χ3v) is 2.83. The van der Waals surface area contributed by atoms with Crippen molar-refractivity contribution in [2.24, 2.45) is 0 Å². The molecule has 0 bridgehead atoms. The zero-order chi connectivity index (χ0) is 12.1. The van der Waals surface area contributed by atoms with E-state index >= 15 is 0 Å². The van der Waals surface area contributed by atoms with Gasteiger partial charge in [-0.2, -0.15) is 0 Å². The molecule has 88 valence electrons. The summed E-state index contributed by atoms with van der Waals surface area (Å²) in [6, 6.07) is 4.27. The second-order valence-electron chi connectivity index (χ2n) is 3.58. The Hall–Kier alpha value is -1.09. The lowest BCUT2D eigenvalue weighted by Crippen LogP contribution is -2.34. The van der Waals surface area contributed by atoms with Crippen molar-refractivity contribution in [3.05, 3.63) is 34.6 Å². The highest BCUT2D eigenvalue weighted by Crippen LogP contribution is 2.19. The molecule has 0 unspecified atom stereocenters. The van der Waals surface area contributed by atoms with E-state index in [9.17, 15) is 9.18 Å². The van der Waals surface area contributed by atoms with E-state index in [0.717, 1.165) is 12.8 Å². The standard InChI is InChI=1S/C12H15ClFNO/c1-3-8(4-2)15-12(16)11-9(13)6-5-7-10(11)14/h5-8H,3-4H2,1-2H3,(H,15,16). The summed E-state index contributed by atoms with van der Waals surface area (Å²) in [4.78, 5) is 11.8. The molecule has 0 spiro atoms. The summed E-state index contributed by atoms with van der Waals surface area (Å²) in [5, 5.41) is 2.89. The summed E-state index contributed by atoms with van der Waals surface area (Å²) in [6.45, 7) is 3.94. The van der Waals surface area contributed by atoms with Gasteiger partial charge in [0.25, 0.3) is 5.91 Å². The molecule has 4 heteroatoms. The highest BCUT2D eigenvalue weighted by atomic mass is 35.5. The fourth-order valence-corrected chi connectivity index (χ4v) is 1.71. The van der Waals surface area contributed by atoms with Crippen LogP contribution in [0, 0.1) is 5.82 Å². The molecule has 0 fully saturated rings. The Morgan fingerprint density at radius 3 is 2.56 bits per heavy atom. The van der Waals surface area contributed by atoms with E-state index in [-0.39, 0.29) is 16.6 Å². The third-order valence-electron chi connectivity index (χ3n) is 2.51. The molecular formula is C12H15ClFNO. The van der Waals surface area contributed by atoms with Gasteiger partial charge in [0.2, 0.25) is 0 Å². The van der Waals surface area contributed by atoms with Crippen LogP contribution in [0.4, 0.5) is 4.39 Å². The topological polar surface area (TPSA) is 29.1 Å². The lowest BCUT2D eigenvalue weighted by molar-refractivity contribution is 0.0931. The van der Waals surface area contributed by atoms with Gasteiger partial charge >= 0.3 is 0 Å². The van der Waals surface area contributed by atoms with Gasteiger partial charge in [-0.15, -0.1) is 0 Å². The molecule has 1 rings (SSSR count). The lowest BCUT2D eigenvalue weighted by Gasteiger charge is -2.15. The molecule has 2 nitrogen and oxygen atoms in total. The molecule has 0 atom stereocenters. The van der Waals surface area contributed by atoms with Gasteiger partial charge in [-0.3, -0.25) is 4.79 Å². The number of hydrogen-bond donors (Lipinski definition) is 1. The Bertz CT molecular complexity index is 357. The normalized spacial score (nSPS) is 10.6. The SMILES string of the molecule is CCC(CC)NC(=O)c1c(F)cccc1Cl. The van der Waals surface area contributed by atoms with Crippen molar-refractivity contribution in [3.63, 3.8) is 0 Å². The van der Waals surface area contributed by atoms with Crippen LogP contribution >= 0.6 is 11.6 Å². The summed E-state index contributed by atoms with van der Waals surface area (Å²) >= 11 is 5.79. The molecule has 1 N–H and O–H groups in total. The van der Waals surface area contributed by atoms with Crippen molar-refractivity contribution in [1.82, 2.24) is 5.32 Å². The van der Waals surface area contributed by atoms with E-state index in [4.69, 9.17) is 11.6 Å². The van der Waals surface area contributed by atoms with Crippen LogP contribution in [0.3, 0.4) is 0 Å². The monoisotopic (exact) mass is 243 g/mol.